The zero-order valence-electron chi connectivity index (χ0n) is 18.1. The van der Waals surface area contributed by atoms with Crippen molar-refractivity contribution in [2.75, 3.05) is 32.7 Å². The zero-order chi connectivity index (χ0) is 21.7. The third-order valence-corrected chi connectivity index (χ3v) is 6.94. The first-order chi connectivity index (χ1) is 14.4. The molecule has 2 amide bonds. The molecule has 166 valence electrons. The molecule has 1 aromatic carbocycles. The number of aryl methyl sites for hydroxylation is 1. The fraction of sp³-hybridized carbons (Fsp3) is 0.652. The lowest BCUT2D eigenvalue weighted by Crippen LogP contribution is -2.48. The van der Waals surface area contributed by atoms with Gasteiger partial charge in [-0.3, -0.25) is 14.5 Å². The fourth-order valence-electron chi connectivity index (χ4n) is 4.51. The highest BCUT2D eigenvalue weighted by atomic mass is 35.5. The van der Waals surface area contributed by atoms with Crippen molar-refractivity contribution in [3.8, 4) is 5.75 Å². The number of benzene rings is 1. The van der Waals surface area contributed by atoms with E-state index in [-0.39, 0.29) is 23.6 Å². The highest BCUT2D eigenvalue weighted by molar-refractivity contribution is 6.31. The lowest BCUT2D eigenvalue weighted by atomic mass is 9.91. The Hall–Kier alpha value is -1.79. The molecule has 0 bridgehead atoms. The second kappa shape index (κ2) is 10.5. The van der Waals surface area contributed by atoms with E-state index in [0.29, 0.717) is 5.02 Å². The molecule has 4 rings (SSSR count). The van der Waals surface area contributed by atoms with Gasteiger partial charge in [0.2, 0.25) is 11.8 Å². The monoisotopic (exact) mass is 435 g/mol. The molecular formula is C23H34ClN3O3. The van der Waals surface area contributed by atoms with E-state index in [1.807, 2.05) is 11.8 Å². The third-order valence-electron chi connectivity index (χ3n) is 6.52. The van der Waals surface area contributed by atoms with Crippen LogP contribution in [0.1, 0.15) is 51.0 Å². The van der Waals surface area contributed by atoms with Crippen LogP contribution in [-0.2, 0) is 9.59 Å². The lowest BCUT2D eigenvalue weighted by Gasteiger charge is -2.36. The summed E-state index contributed by atoms with van der Waals surface area (Å²) < 4.78 is 0. The Bertz CT molecular complexity index is 753. The van der Waals surface area contributed by atoms with Gasteiger partial charge in [0.15, 0.2) is 0 Å². The molecule has 30 heavy (non-hydrogen) atoms. The first-order valence-electron chi connectivity index (χ1n) is 11.1. The van der Waals surface area contributed by atoms with Crippen molar-refractivity contribution in [2.45, 2.75) is 64.5 Å². The van der Waals surface area contributed by atoms with Crippen molar-refractivity contribution < 1.29 is 14.7 Å². The predicted octanol–water partition coefficient (Wildman–Crippen LogP) is 3.44. The van der Waals surface area contributed by atoms with Crippen LogP contribution < -0.4 is 0 Å². The van der Waals surface area contributed by atoms with Crippen LogP contribution in [-0.4, -0.2) is 76.4 Å². The Morgan fingerprint density at radius 3 is 2.37 bits per heavy atom. The van der Waals surface area contributed by atoms with Crippen LogP contribution in [0, 0.1) is 6.92 Å². The molecule has 1 atom stereocenters. The smallest absolute Gasteiger partial charge is 0.245 e. The van der Waals surface area contributed by atoms with Gasteiger partial charge in [-0.25, -0.2) is 0 Å². The van der Waals surface area contributed by atoms with Gasteiger partial charge in [-0.15, -0.1) is 0 Å². The van der Waals surface area contributed by atoms with Crippen LogP contribution >= 0.6 is 11.6 Å². The first-order valence-corrected chi connectivity index (χ1v) is 11.5. The minimum Gasteiger partial charge on any atom is -0.508 e. The highest BCUT2D eigenvalue weighted by Gasteiger charge is 2.36. The maximum absolute atomic E-state index is 12.7. The van der Waals surface area contributed by atoms with E-state index in [9.17, 15) is 9.59 Å². The molecule has 1 N–H and O–H groups in total. The second-order valence-corrected chi connectivity index (χ2v) is 9.01. The summed E-state index contributed by atoms with van der Waals surface area (Å²) in [6.45, 7) is 7.97. The standard InChI is InChI=1S/C16H27N3O2.C7H7ClO/c1-13(20)19-10-3-7-15(19)16(21)18-9-4-8-17(11-12-18)14-5-2-6-14;1-5-4-6(9)2-3-7(5)8/h14-15H,2-12H2,1H3;2-4,9H,1H3/t15-;/m1./s1. The van der Waals surface area contributed by atoms with Gasteiger partial charge in [-0.1, -0.05) is 18.0 Å². The van der Waals surface area contributed by atoms with Gasteiger partial charge >= 0.3 is 0 Å². The number of amides is 2. The summed E-state index contributed by atoms with van der Waals surface area (Å²) >= 11 is 5.67. The normalized spacial score (nSPS) is 22.7. The predicted molar refractivity (Wildman–Crippen MR) is 119 cm³/mol. The van der Waals surface area contributed by atoms with Gasteiger partial charge in [0, 0.05) is 50.7 Å². The van der Waals surface area contributed by atoms with Crippen molar-refractivity contribution in [1.82, 2.24) is 14.7 Å². The minimum atomic E-state index is -0.197. The van der Waals surface area contributed by atoms with Crippen LogP contribution in [0.25, 0.3) is 0 Å². The van der Waals surface area contributed by atoms with E-state index < -0.39 is 0 Å². The number of carbonyl (C=O) groups is 2. The SMILES string of the molecule is CC(=O)N1CCC[C@@H]1C(=O)N1CCCN(C2CCC2)CC1.Cc1cc(O)ccc1Cl. The maximum atomic E-state index is 12.7. The molecule has 3 fully saturated rings. The molecule has 0 radical (unpaired) electrons. The largest absolute Gasteiger partial charge is 0.508 e. The Kier molecular flexibility index (Phi) is 8.00. The topological polar surface area (TPSA) is 64.1 Å². The summed E-state index contributed by atoms with van der Waals surface area (Å²) in [5.74, 6) is 0.479. The number of phenols is 1. The minimum absolute atomic E-state index is 0.0387. The van der Waals surface area contributed by atoms with Gasteiger partial charge in [-0.05, 0) is 62.8 Å². The number of hydrogen-bond donors (Lipinski definition) is 1. The summed E-state index contributed by atoms with van der Waals surface area (Å²) in [4.78, 5) is 30.7. The van der Waals surface area contributed by atoms with Crippen molar-refractivity contribution in [3.63, 3.8) is 0 Å². The van der Waals surface area contributed by atoms with E-state index in [2.05, 4.69) is 4.90 Å². The average Bonchev–Trinajstić information content (AvgIpc) is 3.04. The number of rotatable bonds is 2. The summed E-state index contributed by atoms with van der Waals surface area (Å²) in [5, 5.41) is 9.57. The van der Waals surface area contributed by atoms with Crippen molar-refractivity contribution in [3.05, 3.63) is 28.8 Å². The molecule has 1 aliphatic carbocycles. The fourth-order valence-corrected chi connectivity index (χ4v) is 4.63. The number of aromatic hydroxyl groups is 1. The molecule has 1 aromatic rings. The number of carbonyl (C=O) groups excluding carboxylic acids is 2. The van der Waals surface area contributed by atoms with Crippen LogP contribution in [0.2, 0.25) is 5.02 Å². The summed E-state index contributed by atoms with van der Waals surface area (Å²) in [7, 11) is 0. The van der Waals surface area contributed by atoms with Crippen LogP contribution in [0.4, 0.5) is 0 Å². The maximum Gasteiger partial charge on any atom is 0.245 e. The Labute approximate surface area is 184 Å². The lowest BCUT2D eigenvalue weighted by molar-refractivity contribution is -0.142. The van der Waals surface area contributed by atoms with Gasteiger partial charge in [0.05, 0.1) is 0 Å². The molecule has 0 unspecified atom stereocenters. The average molecular weight is 436 g/mol. The Morgan fingerprint density at radius 2 is 1.77 bits per heavy atom. The van der Waals surface area contributed by atoms with Gasteiger partial charge in [-0.2, -0.15) is 0 Å². The van der Waals surface area contributed by atoms with E-state index in [1.54, 1.807) is 30.0 Å². The van der Waals surface area contributed by atoms with Crippen LogP contribution in [0.3, 0.4) is 0 Å². The number of nitrogens with zero attached hydrogens (tertiary/aromatic N) is 3. The molecule has 2 aliphatic heterocycles. The van der Waals surface area contributed by atoms with E-state index in [4.69, 9.17) is 16.7 Å². The summed E-state index contributed by atoms with van der Waals surface area (Å²) in [6.07, 6.45) is 6.87. The molecule has 1 saturated carbocycles. The summed E-state index contributed by atoms with van der Waals surface area (Å²) in [5.41, 5.74) is 0.900. The van der Waals surface area contributed by atoms with Crippen LogP contribution in [0.5, 0.6) is 5.75 Å². The summed E-state index contributed by atoms with van der Waals surface area (Å²) in [6, 6.07) is 5.43. The zero-order valence-corrected chi connectivity index (χ0v) is 18.9. The van der Waals surface area contributed by atoms with E-state index in [1.165, 1.54) is 19.3 Å². The first kappa shape index (κ1) is 22.9. The van der Waals surface area contributed by atoms with Crippen molar-refractivity contribution in [1.29, 1.82) is 0 Å². The van der Waals surface area contributed by atoms with Gasteiger partial charge < -0.3 is 14.9 Å². The van der Waals surface area contributed by atoms with Crippen LogP contribution in [0.15, 0.2) is 18.2 Å². The van der Waals surface area contributed by atoms with Gasteiger partial charge in [0.25, 0.3) is 0 Å². The second-order valence-electron chi connectivity index (χ2n) is 8.60. The third kappa shape index (κ3) is 5.67. The molecule has 0 aromatic heterocycles. The highest BCUT2D eigenvalue weighted by Crippen LogP contribution is 2.26. The van der Waals surface area contributed by atoms with E-state index >= 15 is 0 Å². The number of halogens is 1. The molecule has 2 saturated heterocycles. The molecule has 7 heteroatoms. The quantitative estimate of drug-likeness (QED) is 0.772. The van der Waals surface area contributed by atoms with Gasteiger partial charge in [0.1, 0.15) is 11.8 Å². The Balaban J connectivity index is 0.000000239. The van der Waals surface area contributed by atoms with E-state index in [0.717, 1.165) is 63.6 Å². The molecule has 2 heterocycles. The van der Waals surface area contributed by atoms with Crippen molar-refractivity contribution >= 4 is 23.4 Å². The van der Waals surface area contributed by atoms with Crippen molar-refractivity contribution in [2.24, 2.45) is 0 Å². The molecular weight excluding hydrogens is 402 g/mol. The number of phenolic OH excluding ortho intramolecular Hbond substituents is 1. The number of hydrogen-bond acceptors (Lipinski definition) is 4. The Morgan fingerprint density at radius 1 is 1.00 bits per heavy atom. The molecule has 3 aliphatic rings. The number of likely N-dealkylation sites (tertiary alicyclic amines) is 1. The molecule has 6 nitrogen and oxygen atoms in total. The molecule has 0 spiro atoms.